The highest BCUT2D eigenvalue weighted by Gasteiger charge is 2.31. The molecule has 1 aliphatic rings. The maximum absolute atomic E-state index is 11.3. The van der Waals surface area contributed by atoms with Crippen LogP contribution < -0.4 is 0 Å². The van der Waals surface area contributed by atoms with Crippen molar-refractivity contribution in [1.29, 1.82) is 0 Å². The Balaban J connectivity index is 2.42. The summed E-state index contributed by atoms with van der Waals surface area (Å²) in [4.78, 5) is 13.4. The molecule has 1 aliphatic heterocycles. The molecule has 0 bridgehead atoms. The van der Waals surface area contributed by atoms with Gasteiger partial charge >= 0.3 is 0 Å². The van der Waals surface area contributed by atoms with E-state index in [9.17, 15) is 4.79 Å². The predicted molar refractivity (Wildman–Crippen MR) is 40.9 cm³/mol. The molecule has 0 spiro atoms. The Morgan fingerprint density at radius 1 is 1.60 bits per heavy atom. The van der Waals surface area contributed by atoms with Crippen LogP contribution in [0, 0.1) is 5.92 Å². The third kappa shape index (κ3) is 1.21. The van der Waals surface area contributed by atoms with Gasteiger partial charge in [-0.05, 0) is 13.5 Å². The van der Waals surface area contributed by atoms with E-state index >= 15 is 0 Å². The van der Waals surface area contributed by atoms with E-state index in [-0.39, 0.29) is 12.0 Å². The molecule has 0 saturated carbocycles. The molecular weight excluding hydrogens is 126 g/mol. The largest absolute Gasteiger partial charge is 0.298 e. The minimum Gasteiger partial charge on any atom is -0.298 e. The van der Waals surface area contributed by atoms with Crippen molar-refractivity contribution < 1.29 is 4.79 Å². The number of nitrogens with zero attached hydrogens (tertiary/aromatic N) is 1. The summed E-state index contributed by atoms with van der Waals surface area (Å²) in [5.41, 5.74) is 0. The topological polar surface area (TPSA) is 20.3 Å². The zero-order valence-corrected chi connectivity index (χ0v) is 6.92. The Morgan fingerprint density at radius 2 is 2.20 bits per heavy atom. The maximum Gasteiger partial charge on any atom is 0.152 e. The van der Waals surface area contributed by atoms with Gasteiger partial charge in [-0.15, -0.1) is 0 Å². The fourth-order valence-electron chi connectivity index (χ4n) is 1.26. The van der Waals surface area contributed by atoms with Crippen molar-refractivity contribution in [2.45, 2.75) is 26.3 Å². The van der Waals surface area contributed by atoms with Crippen molar-refractivity contribution >= 4 is 5.78 Å². The number of hydrogen-bond acceptors (Lipinski definition) is 2. The maximum atomic E-state index is 11.3. The fraction of sp³-hybridized carbons (Fsp3) is 0.875. The van der Waals surface area contributed by atoms with Crippen LogP contribution in [0.4, 0.5) is 0 Å². The van der Waals surface area contributed by atoms with Crippen molar-refractivity contribution in [1.82, 2.24) is 4.90 Å². The molecule has 1 heterocycles. The van der Waals surface area contributed by atoms with Crippen molar-refractivity contribution in [3.63, 3.8) is 0 Å². The van der Waals surface area contributed by atoms with Gasteiger partial charge in [-0.2, -0.15) is 0 Å². The minimum absolute atomic E-state index is 0.202. The van der Waals surface area contributed by atoms with Crippen molar-refractivity contribution in [2.75, 3.05) is 13.6 Å². The molecule has 0 amide bonds. The van der Waals surface area contributed by atoms with Gasteiger partial charge in [0.05, 0.1) is 6.04 Å². The number of Topliss-reactive ketones (excluding diaryl/α,β-unsaturated/α-hetero) is 1. The van der Waals surface area contributed by atoms with Crippen LogP contribution in [0.3, 0.4) is 0 Å². The first kappa shape index (κ1) is 7.73. The Kier molecular flexibility index (Phi) is 2.09. The second-order valence-corrected chi connectivity index (χ2v) is 3.34. The Bertz CT molecular complexity index is 142. The zero-order valence-electron chi connectivity index (χ0n) is 6.92. The molecule has 0 aromatic heterocycles. The van der Waals surface area contributed by atoms with E-state index < -0.39 is 0 Å². The summed E-state index contributed by atoms with van der Waals surface area (Å²) in [6, 6.07) is 0.236. The summed E-state index contributed by atoms with van der Waals surface area (Å²) in [5.74, 6) is 0.599. The van der Waals surface area contributed by atoms with Gasteiger partial charge in [-0.3, -0.25) is 9.69 Å². The lowest BCUT2D eigenvalue weighted by molar-refractivity contribution is -0.130. The average Bonchev–Trinajstić information content (AvgIpc) is 1.84. The van der Waals surface area contributed by atoms with Gasteiger partial charge in [0.1, 0.15) is 0 Å². The molecular formula is C8H15NO. The van der Waals surface area contributed by atoms with Gasteiger partial charge in [0, 0.05) is 12.5 Å². The molecule has 2 nitrogen and oxygen atoms in total. The normalized spacial score (nSPS) is 26.6. The number of carbonyl (C=O) groups is 1. The van der Waals surface area contributed by atoms with Crippen LogP contribution >= 0.6 is 0 Å². The average molecular weight is 141 g/mol. The van der Waals surface area contributed by atoms with Gasteiger partial charge in [0.15, 0.2) is 5.78 Å². The van der Waals surface area contributed by atoms with Gasteiger partial charge < -0.3 is 0 Å². The van der Waals surface area contributed by atoms with E-state index in [1.54, 1.807) is 0 Å². The van der Waals surface area contributed by atoms with E-state index in [0.29, 0.717) is 5.78 Å². The monoisotopic (exact) mass is 141 g/mol. The van der Waals surface area contributed by atoms with Crippen molar-refractivity contribution in [3.05, 3.63) is 0 Å². The second-order valence-electron chi connectivity index (χ2n) is 3.34. The molecule has 1 rings (SSSR count). The summed E-state index contributed by atoms with van der Waals surface area (Å²) in [6.45, 7) is 5.02. The Morgan fingerprint density at radius 3 is 2.30 bits per heavy atom. The second kappa shape index (κ2) is 2.70. The third-order valence-corrected chi connectivity index (χ3v) is 2.18. The van der Waals surface area contributed by atoms with E-state index in [1.807, 2.05) is 20.9 Å². The first-order chi connectivity index (χ1) is 4.63. The van der Waals surface area contributed by atoms with Crippen LogP contribution in [0.2, 0.25) is 0 Å². The first-order valence-corrected chi connectivity index (χ1v) is 3.87. The first-order valence-electron chi connectivity index (χ1n) is 3.87. The highest BCUT2D eigenvalue weighted by atomic mass is 16.1. The summed E-state index contributed by atoms with van der Waals surface area (Å²) >= 11 is 0. The summed E-state index contributed by atoms with van der Waals surface area (Å²) < 4.78 is 0. The lowest BCUT2D eigenvalue weighted by atomic mass is 9.93. The number of ketones is 1. The van der Waals surface area contributed by atoms with E-state index in [4.69, 9.17) is 0 Å². The van der Waals surface area contributed by atoms with Crippen LogP contribution in [0.1, 0.15) is 20.3 Å². The Hall–Kier alpha value is -0.370. The molecule has 1 fully saturated rings. The molecule has 1 atom stereocenters. The zero-order chi connectivity index (χ0) is 7.72. The fourth-order valence-corrected chi connectivity index (χ4v) is 1.26. The third-order valence-electron chi connectivity index (χ3n) is 2.18. The smallest absolute Gasteiger partial charge is 0.152 e. The van der Waals surface area contributed by atoms with Crippen LogP contribution in [0.15, 0.2) is 0 Å². The lowest BCUT2D eigenvalue weighted by Gasteiger charge is -2.37. The molecule has 0 N–H and O–H groups in total. The molecule has 1 saturated heterocycles. The van der Waals surface area contributed by atoms with Gasteiger partial charge in [0.25, 0.3) is 0 Å². The van der Waals surface area contributed by atoms with Gasteiger partial charge in [0.2, 0.25) is 0 Å². The Labute approximate surface area is 62.2 Å². The molecule has 0 aliphatic carbocycles. The van der Waals surface area contributed by atoms with Crippen LogP contribution in [-0.4, -0.2) is 30.3 Å². The standard InChI is InChI=1S/C8H15NO/c1-6(2)8(10)7-4-5-9(7)3/h6-7H,4-5H2,1-3H3. The van der Waals surface area contributed by atoms with Crippen molar-refractivity contribution in [2.24, 2.45) is 5.92 Å². The van der Waals surface area contributed by atoms with E-state index in [1.165, 1.54) is 0 Å². The van der Waals surface area contributed by atoms with E-state index in [2.05, 4.69) is 4.90 Å². The number of likely N-dealkylation sites (N-methyl/N-ethyl adjacent to an activating group) is 1. The highest BCUT2D eigenvalue weighted by Crippen LogP contribution is 2.18. The van der Waals surface area contributed by atoms with Crippen molar-refractivity contribution in [3.8, 4) is 0 Å². The van der Waals surface area contributed by atoms with Crippen LogP contribution in [0.25, 0.3) is 0 Å². The number of likely N-dealkylation sites (tertiary alicyclic amines) is 1. The quantitative estimate of drug-likeness (QED) is 0.570. The van der Waals surface area contributed by atoms with Crippen LogP contribution in [0.5, 0.6) is 0 Å². The summed E-state index contributed by atoms with van der Waals surface area (Å²) in [7, 11) is 2.01. The summed E-state index contributed by atoms with van der Waals surface area (Å²) in [6.07, 6.45) is 1.06. The molecule has 58 valence electrons. The number of rotatable bonds is 2. The lowest BCUT2D eigenvalue weighted by Crippen LogP contribution is -2.51. The molecule has 0 aromatic carbocycles. The molecule has 2 heteroatoms. The highest BCUT2D eigenvalue weighted by molar-refractivity contribution is 5.86. The van der Waals surface area contributed by atoms with E-state index in [0.717, 1.165) is 13.0 Å². The summed E-state index contributed by atoms with van der Waals surface area (Å²) in [5, 5.41) is 0. The number of hydrogen-bond donors (Lipinski definition) is 0. The van der Waals surface area contributed by atoms with Gasteiger partial charge in [-0.25, -0.2) is 0 Å². The SMILES string of the molecule is CC(C)C(=O)C1CCN1C. The van der Waals surface area contributed by atoms with Gasteiger partial charge in [-0.1, -0.05) is 13.8 Å². The molecule has 0 aromatic rings. The number of carbonyl (C=O) groups excluding carboxylic acids is 1. The minimum atomic E-state index is 0.202. The molecule has 0 radical (unpaired) electrons. The molecule has 1 unspecified atom stereocenters. The van der Waals surface area contributed by atoms with Crippen LogP contribution in [-0.2, 0) is 4.79 Å². The molecule has 10 heavy (non-hydrogen) atoms. The predicted octanol–water partition coefficient (Wildman–Crippen LogP) is 0.916.